The zero-order chi connectivity index (χ0) is 16.9. The molecule has 1 aliphatic heterocycles. The molecule has 5 nitrogen and oxygen atoms in total. The molecule has 0 radical (unpaired) electrons. The van der Waals surface area contributed by atoms with Crippen molar-refractivity contribution in [2.24, 2.45) is 0 Å². The minimum atomic E-state index is -0.461. The highest BCUT2D eigenvalue weighted by Crippen LogP contribution is 2.34. The van der Waals surface area contributed by atoms with Crippen molar-refractivity contribution in [3.05, 3.63) is 59.2 Å². The Morgan fingerprint density at radius 2 is 2.00 bits per heavy atom. The molecule has 0 aromatic heterocycles. The predicted octanol–water partition coefficient (Wildman–Crippen LogP) is 3.31. The van der Waals surface area contributed by atoms with Crippen LogP contribution in [-0.2, 0) is 4.79 Å². The number of para-hydroxylation sites is 1. The van der Waals surface area contributed by atoms with Crippen LogP contribution < -0.4 is 14.8 Å². The first kappa shape index (κ1) is 15.6. The number of aryl methyl sites for hydroxylation is 1. The summed E-state index contributed by atoms with van der Waals surface area (Å²) < 4.78 is 11.1. The summed E-state index contributed by atoms with van der Waals surface area (Å²) in [4.78, 5) is 12.4. The monoisotopic (exact) mass is 320 g/mol. The minimum Gasteiger partial charge on any atom is -0.486 e. The van der Waals surface area contributed by atoms with Gasteiger partial charge in [0.15, 0.2) is 11.5 Å². The third kappa shape index (κ3) is 3.39. The highest BCUT2D eigenvalue weighted by atomic mass is 16.6. The van der Waals surface area contributed by atoms with Crippen molar-refractivity contribution in [2.75, 3.05) is 18.5 Å². The van der Waals surface area contributed by atoms with Crippen LogP contribution in [0.25, 0.3) is 6.08 Å². The van der Waals surface area contributed by atoms with Gasteiger partial charge in [-0.1, -0.05) is 24.3 Å². The van der Waals surface area contributed by atoms with E-state index in [1.54, 1.807) is 24.3 Å². The molecule has 120 valence electrons. The lowest BCUT2D eigenvalue weighted by atomic mass is 10.1. The number of carbonyl (C=O) groups is 1. The van der Waals surface area contributed by atoms with E-state index in [2.05, 4.69) is 5.32 Å². The highest BCUT2D eigenvalue weighted by Gasteiger charge is 2.16. The Morgan fingerprint density at radius 1 is 1.21 bits per heavy atom. The number of fused-ring (bicyclic) bond motifs is 1. The number of hydrogen-bond acceptors (Lipinski definition) is 4. The Labute approximate surface area is 140 Å². The summed E-state index contributed by atoms with van der Waals surface area (Å²) in [5.41, 5.74) is 2.32. The smallest absolute Gasteiger partial charge is 0.266 e. The molecule has 0 aliphatic carbocycles. The Morgan fingerprint density at radius 3 is 2.79 bits per heavy atom. The van der Waals surface area contributed by atoms with Gasteiger partial charge in [-0.3, -0.25) is 4.79 Å². The second-order valence-electron chi connectivity index (χ2n) is 5.36. The highest BCUT2D eigenvalue weighted by molar-refractivity contribution is 6.09. The first-order chi connectivity index (χ1) is 11.7. The number of nitrogens with zero attached hydrogens (tertiary/aromatic N) is 1. The molecule has 0 fully saturated rings. The summed E-state index contributed by atoms with van der Waals surface area (Å²) in [6.07, 6.45) is 1.51. The molecular weight excluding hydrogens is 304 g/mol. The summed E-state index contributed by atoms with van der Waals surface area (Å²) in [5, 5.41) is 12.1. The van der Waals surface area contributed by atoms with Gasteiger partial charge in [0.2, 0.25) is 0 Å². The zero-order valence-electron chi connectivity index (χ0n) is 13.2. The molecule has 0 saturated carbocycles. The van der Waals surface area contributed by atoms with Gasteiger partial charge in [-0.15, -0.1) is 0 Å². The third-order valence-corrected chi connectivity index (χ3v) is 3.54. The second-order valence-corrected chi connectivity index (χ2v) is 5.36. The summed E-state index contributed by atoms with van der Waals surface area (Å²) >= 11 is 0. The van der Waals surface area contributed by atoms with E-state index in [1.807, 2.05) is 31.2 Å². The van der Waals surface area contributed by atoms with Crippen LogP contribution in [0.1, 0.15) is 11.1 Å². The topological polar surface area (TPSA) is 71.4 Å². The van der Waals surface area contributed by atoms with E-state index in [1.165, 1.54) is 6.08 Å². The molecule has 1 heterocycles. The fourth-order valence-electron chi connectivity index (χ4n) is 2.44. The van der Waals surface area contributed by atoms with E-state index in [9.17, 15) is 10.1 Å². The van der Waals surface area contributed by atoms with Crippen LogP contribution in [0.5, 0.6) is 11.5 Å². The Hall–Kier alpha value is -3.26. The van der Waals surface area contributed by atoms with E-state index < -0.39 is 5.91 Å². The fraction of sp³-hybridized carbons (Fsp3) is 0.158. The van der Waals surface area contributed by atoms with Crippen molar-refractivity contribution in [1.82, 2.24) is 0 Å². The number of carbonyl (C=O) groups excluding carboxylic acids is 1. The number of nitriles is 1. The average molecular weight is 320 g/mol. The summed E-state index contributed by atoms with van der Waals surface area (Å²) in [6, 6.07) is 14.7. The molecule has 3 rings (SSSR count). The van der Waals surface area contributed by atoms with E-state index >= 15 is 0 Å². The molecule has 0 spiro atoms. The quantitative estimate of drug-likeness (QED) is 0.695. The second kappa shape index (κ2) is 6.88. The molecule has 0 atom stereocenters. The van der Waals surface area contributed by atoms with E-state index in [-0.39, 0.29) is 5.57 Å². The number of rotatable bonds is 3. The van der Waals surface area contributed by atoms with Gasteiger partial charge in [0.25, 0.3) is 5.91 Å². The van der Waals surface area contributed by atoms with Crippen molar-refractivity contribution >= 4 is 17.7 Å². The van der Waals surface area contributed by atoms with Gasteiger partial charge in [-0.05, 0) is 36.8 Å². The first-order valence-electron chi connectivity index (χ1n) is 7.56. The third-order valence-electron chi connectivity index (χ3n) is 3.54. The van der Waals surface area contributed by atoms with Gasteiger partial charge in [0.05, 0.1) is 0 Å². The largest absolute Gasteiger partial charge is 0.486 e. The normalized spacial score (nSPS) is 13.1. The van der Waals surface area contributed by atoms with Crippen molar-refractivity contribution in [3.63, 3.8) is 0 Å². The van der Waals surface area contributed by atoms with Crippen molar-refractivity contribution in [3.8, 4) is 17.6 Å². The van der Waals surface area contributed by atoms with Gasteiger partial charge in [-0.2, -0.15) is 5.26 Å². The molecule has 2 aromatic rings. The number of anilines is 1. The first-order valence-corrected chi connectivity index (χ1v) is 7.56. The molecule has 0 saturated heterocycles. The molecule has 5 heteroatoms. The Balaban J connectivity index is 1.87. The summed E-state index contributed by atoms with van der Waals surface area (Å²) in [5.74, 6) is 0.712. The number of hydrogen-bond donors (Lipinski definition) is 1. The maximum Gasteiger partial charge on any atom is 0.266 e. The summed E-state index contributed by atoms with van der Waals surface area (Å²) in [7, 11) is 0. The molecule has 24 heavy (non-hydrogen) atoms. The Kier molecular flexibility index (Phi) is 4.48. The number of benzene rings is 2. The molecule has 0 bridgehead atoms. The van der Waals surface area contributed by atoms with E-state index in [0.29, 0.717) is 36.0 Å². The van der Waals surface area contributed by atoms with Gasteiger partial charge < -0.3 is 14.8 Å². The van der Waals surface area contributed by atoms with Crippen molar-refractivity contribution in [2.45, 2.75) is 6.92 Å². The number of nitrogens with one attached hydrogen (secondary N) is 1. The van der Waals surface area contributed by atoms with Crippen LogP contribution in [0.3, 0.4) is 0 Å². The molecular formula is C19H16N2O3. The maximum absolute atomic E-state index is 12.4. The van der Waals surface area contributed by atoms with Crippen LogP contribution in [0.2, 0.25) is 0 Å². The lowest BCUT2D eigenvalue weighted by molar-refractivity contribution is -0.112. The molecule has 1 amide bonds. The maximum atomic E-state index is 12.4. The van der Waals surface area contributed by atoms with Crippen LogP contribution >= 0.6 is 0 Å². The lowest BCUT2D eigenvalue weighted by Gasteiger charge is -2.19. The minimum absolute atomic E-state index is 0.000852. The molecule has 1 N–H and O–H groups in total. The number of amides is 1. The standard InChI is InChI=1S/C19H16N2O3/c1-13-4-2-6-16(10-13)21-19(22)15(12-20)11-14-5-3-7-17-18(14)24-9-8-23-17/h2-7,10-11H,8-9H2,1H3,(H,21,22)/b15-11-. The van der Waals surface area contributed by atoms with Crippen LogP contribution in [-0.4, -0.2) is 19.1 Å². The average Bonchev–Trinajstić information content (AvgIpc) is 2.59. The molecule has 0 unspecified atom stereocenters. The number of ether oxygens (including phenoxy) is 2. The van der Waals surface area contributed by atoms with Crippen LogP contribution in [0, 0.1) is 18.3 Å². The fourth-order valence-corrected chi connectivity index (χ4v) is 2.44. The lowest BCUT2D eigenvalue weighted by Crippen LogP contribution is -2.16. The summed E-state index contributed by atoms with van der Waals surface area (Å²) in [6.45, 7) is 2.86. The zero-order valence-corrected chi connectivity index (χ0v) is 13.2. The Bertz CT molecular complexity index is 850. The van der Waals surface area contributed by atoms with Gasteiger partial charge in [0, 0.05) is 11.3 Å². The van der Waals surface area contributed by atoms with Crippen LogP contribution in [0.15, 0.2) is 48.0 Å². The molecule has 1 aliphatic rings. The van der Waals surface area contributed by atoms with Crippen LogP contribution in [0.4, 0.5) is 5.69 Å². The van der Waals surface area contributed by atoms with Crippen molar-refractivity contribution < 1.29 is 14.3 Å². The van der Waals surface area contributed by atoms with Gasteiger partial charge in [0.1, 0.15) is 24.9 Å². The predicted molar refractivity (Wildman–Crippen MR) is 90.8 cm³/mol. The van der Waals surface area contributed by atoms with Gasteiger partial charge >= 0.3 is 0 Å². The van der Waals surface area contributed by atoms with E-state index in [0.717, 1.165) is 5.56 Å². The molecule has 2 aromatic carbocycles. The van der Waals surface area contributed by atoms with Crippen molar-refractivity contribution in [1.29, 1.82) is 5.26 Å². The van der Waals surface area contributed by atoms with Gasteiger partial charge in [-0.25, -0.2) is 0 Å². The SMILES string of the molecule is Cc1cccc(NC(=O)/C(C#N)=C\c2cccc3c2OCCO3)c1. The van der Waals surface area contributed by atoms with E-state index in [4.69, 9.17) is 9.47 Å².